The second-order valence-corrected chi connectivity index (χ2v) is 3.27. The summed E-state index contributed by atoms with van der Waals surface area (Å²) in [5.74, 6) is -4.17. The summed E-state index contributed by atoms with van der Waals surface area (Å²) in [4.78, 5) is 0. The van der Waals surface area contributed by atoms with Gasteiger partial charge in [-0.2, -0.15) is 0 Å². The first kappa shape index (κ1) is 12.0. The molecule has 0 bridgehead atoms. The van der Waals surface area contributed by atoms with E-state index in [0.717, 1.165) is 12.1 Å². The van der Waals surface area contributed by atoms with E-state index in [1.165, 1.54) is 0 Å². The van der Waals surface area contributed by atoms with Crippen molar-refractivity contribution < 1.29 is 18.3 Å². The first-order chi connectivity index (χ1) is 6.99. The molecule has 0 saturated carbocycles. The van der Waals surface area contributed by atoms with Gasteiger partial charge in [-0.05, 0) is 12.5 Å². The average Bonchev–Trinajstić information content (AvgIpc) is 2.24. The molecule has 0 aliphatic carbocycles. The minimum absolute atomic E-state index is 0.219. The molecule has 0 radical (unpaired) electrons. The molecule has 2 nitrogen and oxygen atoms in total. The van der Waals surface area contributed by atoms with Crippen LogP contribution in [-0.4, -0.2) is 11.2 Å². The number of benzene rings is 1. The lowest BCUT2D eigenvalue weighted by atomic mass is 10.00. The third-order valence-corrected chi connectivity index (χ3v) is 2.26. The van der Waals surface area contributed by atoms with Gasteiger partial charge in [0.05, 0.1) is 12.1 Å². The van der Waals surface area contributed by atoms with Crippen molar-refractivity contribution in [1.29, 1.82) is 0 Å². The number of rotatable bonds is 3. The van der Waals surface area contributed by atoms with E-state index < -0.39 is 29.6 Å². The van der Waals surface area contributed by atoms with Crippen LogP contribution in [-0.2, 0) is 0 Å². The maximum atomic E-state index is 13.2. The smallest absolute Gasteiger partial charge is 0.194 e. The second kappa shape index (κ2) is 4.63. The molecule has 0 fully saturated rings. The normalized spacial score (nSPS) is 15.1. The zero-order chi connectivity index (χ0) is 11.6. The van der Waals surface area contributed by atoms with Gasteiger partial charge in [0.1, 0.15) is 0 Å². The van der Waals surface area contributed by atoms with Crippen molar-refractivity contribution in [1.82, 2.24) is 0 Å². The molecule has 2 atom stereocenters. The van der Waals surface area contributed by atoms with Crippen LogP contribution in [0.4, 0.5) is 13.2 Å². The SMILES string of the molecule is CC[C@@H](O)[C@@H](N)c1ccc(F)c(F)c1F. The van der Waals surface area contributed by atoms with Crippen molar-refractivity contribution in [2.24, 2.45) is 5.73 Å². The Bertz CT molecular complexity index is 357. The highest BCUT2D eigenvalue weighted by Gasteiger charge is 2.22. The van der Waals surface area contributed by atoms with E-state index >= 15 is 0 Å². The molecule has 0 unspecified atom stereocenters. The molecule has 0 aliphatic heterocycles. The van der Waals surface area contributed by atoms with E-state index in [2.05, 4.69) is 0 Å². The highest BCUT2D eigenvalue weighted by molar-refractivity contribution is 5.24. The number of aliphatic hydroxyl groups excluding tert-OH is 1. The van der Waals surface area contributed by atoms with Gasteiger partial charge in [-0.15, -0.1) is 0 Å². The van der Waals surface area contributed by atoms with Crippen molar-refractivity contribution in [3.8, 4) is 0 Å². The first-order valence-corrected chi connectivity index (χ1v) is 4.56. The summed E-state index contributed by atoms with van der Waals surface area (Å²) in [5.41, 5.74) is 5.27. The Balaban J connectivity index is 3.10. The molecule has 0 amide bonds. The van der Waals surface area contributed by atoms with Gasteiger partial charge in [0.25, 0.3) is 0 Å². The standard InChI is InChI=1S/C10H12F3NO/c1-2-7(15)10(14)5-3-4-6(11)9(13)8(5)12/h3-4,7,10,15H,2,14H2,1H3/t7-,10+/m1/s1. The Hall–Kier alpha value is -1.07. The number of hydrogen-bond donors (Lipinski definition) is 2. The number of halogens is 3. The molecule has 1 aromatic carbocycles. The minimum Gasteiger partial charge on any atom is -0.391 e. The fourth-order valence-corrected chi connectivity index (χ4v) is 1.26. The summed E-state index contributed by atoms with van der Waals surface area (Å²) in [6.07, 6.45) is -0.677. The van der Waals surface area contributed by atoms with Gasteiger partial charge in [0.2, 0.25) is 0 Å². The average molecular weight is 219 g/mol. The van der Waals surface area contributed by atoms with Crippen LogP contribution in [0, 0.1) is 17.5 Å². The second-order valence-electron chi connectivity index (χ2n) is 3.27. The van der Waals surface area contributed by atoms with E-state index in [4.69, 9.17) is 5.73 Å². The Morgan fingerprint density at radius 1 is 1.27 bits per heavy atom. The van der Waals surface area contributed by atoms with Gasteiger partial charge in [-0.3, -0.25) is 0 Å². The van der Waals surface area contributed by atoms with Crippen molar-refractivity contribution in [2.75, 3.05) is 0 Å². The fourth-order valence-electron chi connectivity index (χ4n) is 1.26. The maximum Gasteiger partial charge on any atom is 0.194 e. The van der Waals surface area contributed by atoms with Crippen LogP contribution < -0.4 is 5.73 Å². The topological polar surface area (TPSA) is 46.2 Å². The van der Waals surface area contributed by atoms with Crippen molar-refractivity contribution in [3.63, 3.8) is 0 Å². The van der Waals surface area contributed by atoms with Crippen LogP contribution in [0.15, 0.2) is 12.1 Å². The van der Waals surface area contributed by atoms with E-state index in [0.29, 0.717) is 6.42 Å². The lowest BCUT2D eigenvalue weighted by molar-refractivity contribution is 0.138. The van der Waals surface area contributed by atoms with Gasteiger partial charge < -0.3 is 10.8 Å². The molecular weight excluding hydrogens is 207 g/mol. The van der Waals surface area contributed by atoms with Crippen LogP contribution in [0.1, 0.15) is 24.9 Å². The Kier molecular flexibility index (Phi) is 3.71. The minimum atomic E-state index is -1.56. The molecule has 0 saturated heterocycles. The van der Waals surface area contributed by atoms with E-state index in [1.807, 2.05) is 0 Å². The first-order valence-electron chi connectivity index (χ1n) is 4.56. The van der Waals surface area contributed by atoms with Crippen molar-refractivity contribution in [2.45, 2.75) is 25.5 Å². The molecule has 15 heavy (non-hydrogen) atoms. The summed E-state index contributed by atoms with van der Waals surface area (Å²) in [7, 11) is 0. The molecule has 3 N–H and O–H groups in total. The van der Waals surface area contributed by atoms with Gasteiger partial charge in [-0.25, -0.2) is 13.2 Å². The van der Waals surface area contributed by atoms with Crippen LogP contribution in [0.5, 0.6) is 0 Å². The predicted molar refractivity (Wildman–Crippen MR) is 49.5 cm³/mol. The fraction of sp³-hybridized carbons (Fsp3) is 0.400. The highest BCUT2D eigenvalue weighted by atomic mass is 19.2. The molecule has 0 spiro atoms. The number of hydrogen-bond acceptors (Lipinski definition) is 2. The number of aliphatic hydroxyl groups is 1. The van der Waals surface area contributed by atoms with E-state index in [9.17, 15) is 18.3 Å². The molecule has 0 aliphatic rings. The van der Waals surface area contributed by atoms with Crippen LogP contribution in [0.2, 0.25) is 0 Å². The van der Waals surface area contributed by atoms with Crippen molar-refractivity contribution in [3.05, 3.63) is 35.1 Å². The van der Waals surface area contributed by atoms with Gasteiger partial charge in [0.15, 0.2) is 17.5 Å². The van der Waals surface area contributed by atoms with Gasteiger partial charge in [-0.1, -0.05) is 13.0 Å². The molecule has 0 aromatic heterocycles. The van der Waals surface area contributed by atoms with Crippen LogP contribution in [0.25, 0.3) is 0 Å². The van der Waals surface area contributed by atoms with E-state index in [-0.39, 0.29) is 5.56 Å². The van der Waals surface area contributed by atoms with Crippen LogP contribution in [0.3, 0.4) is 0 Å². The van der Waals surface area contributed by atoms with Crippen molar-refractivity contribution >= 4 is 0 Å². The van der Waals surface area contributed by atoms with Gasteiger partial charge >= 0.3 is 0 Å². The lowest BCUT2D eigenvalue weighted by Gasteiger charge is -2.18. The summed E-state index contributed by atoms with van der Waals surface area (Å²) in [5, 5.41) is 9.36. The van der Waals surface area contributed by atoms with Crippen LogP contribution >= 0.6 is 0 Å². The largest absolute Gasteiger partial charge is 0.391 e. The lowest BCUT2D eigenvalue weighted by Crippen LogP contribution is -2.26. The molecule has 84 valence electrons. The summed E-state index contributed by atoms with van der Waals surface area (Å²) in [6, 6.07) is 0.776. The zero-order valence-corrected chi connectivity index (χ0v) is 8.17. The van der Waals surface area contributed by atoms with E-state index in [1.54, 1.807) is 6.92 Å². The predicted octanol–water partition coefficient (Wildman–Crippen LogP) is 1.87. The molecule has 0 heterocycles. The molecule has 1 aromatic rings. The Morgan fingerprint density at radius 3 is 2.40 bits per heavy atom. The third kappa shape index (κ3) is 2.30. The monoisotopic (exact) mass is 219 g/mol. The third-order valence-electron chi connectivity index (χ3n) is 2.26. The maximum absolute atomic E-state index is 13.2. The Morgan fingerprint density at radius 2 is 1.87 bits per heavy atom. The summed E-state index contributed by atoms with van der Waals surface area (Å²) < 4.78 is 38.6. The summed E-state index contributed by atoms with van der Waals surface area (Å²) >= 11 is 0. The summed E-state index contributed by atoms with van der Waals surface area (Å²) in [6.45, 7) is 1.66. The van der Waals surface area contributed by atoms with Gasteiger partial charge in [0, 0.05) is 5.56 Å². The molecular formula is C10H12F3NO. The molecule has 1 rings (SSSR count). The number of nitrogens with two attached hydrogens (primary N) is 1. The quantitative estimate of drug-likeness (QED) is 0.762. The highest BCUT2D eigenvalue weighted by Crippen LogP contribution is 2.23. The molecule has 5 heteroatoms. The zero-order valence-electron chi connectivity index (χ0n) is 8.17. The Labute approximate surface area is 85.5 Å².